The Kier molecular flexibility index (Phi) is 4.35. The van der Waals surface area contributed by atoms with Crippen molar-refractivity contribution >= 4 is 0 Å². The van der Waals surface area contributed by atoms with E-state index in [1.807, 2.05) is 6.07 Å². The molecule has 0 heterocycles. The van der Waals surface area contributed by atoms with E-state index in [0.717, 1.165) is 31.2 Å². The summed E-state index contributed by atoms with van der Waals surface area (Å²) in [6, 6.07) is 16.6. The Morgan fingerprint density at radius 3 is 2.76 bits per heavy atom. The van der Waals surface area contributed by atoms with Crippen LogP contribution in [0.3, 0.4) is 0 Å². The Labute approximate surface area is 126 Å². The van der Waals surface area contributed by atoms with Gasteiger partial charge in [-0.3, -0.25) is 0 Å². The summed E-state index contributed by atoms with van der Waals surface area (Å²) in [6.45, 7) is 2.22. The van der Waals surface area contributed by atoms with Crippen LogP contribution in [0.4, 0.5) is 4.39 Å². The van der Waals surface area contributed by atoms with E-state index in [4.69, 9.17) is 0 Å². The molecule has 2 unspecified atom stereocenters. The van der Waals surface area contributed by atoms with Crippen LogP contribution >= 0.6 is 0 Å². The molecule has 0 radical (unpaired) electrons. The first kappa shape index (κ1) is 14.3. The van der Waals surface area contributed by atoms with Crippen molar-refractivity contribution in [1.82, 2.24) is 5.32 Å². The van der Waals surface area contributed by atoms with Crippen LogP contribution in [0.1, 0.15) is 55.0 Å². The van der Waals surface area contributed by atoms with Crippen LogP contribution in [-0.4, -0.2) is 0 Å². The molecule has 1 aliphatic rings. The molecule has 0 bridgehead atoms. The lowest BCUT2D eigenvalue weighted by molar-refractivity contribution is 0.419. The zero-order valence-corrected chi connectivity index (χ0v) is 12.5. The van der Waals surface area contributed by atoms with Gasteiger partial charge < -0.3 is 5.32 Å². The number of aryl methyl sites for hydroxylation is 1. The average molecular weight is 283 g/mol. The van der Waals surface area contributed by atoms with E-state index < -0.39 is 0 Å². The molecular weight excluding hydrogens is 261 g/mol. The van der Waals surface area contributed by atoms with Crippen molar-refractivity contribution in [2.75, 3.05) is 0 Å². The van der Waals surface area contributed by atoms with Gasteiger partial charge in [-0.25, -0.2) is 4.39 Å². The summed E-state index contributed by atoms with van der Waals surface area (Å²) in [5.41, 5.74) is 3.78. The van der Waals surface area contributed by atoms with Crippen LogP contribution in [0.2, 0.25) is 0 Å². The fraction of sp³-hybridized carbons (Fsp3) is 0.368. The van der Waals surface area contributed by atoms with Gasteiger partial charge in [0.2, 0.25) is 0 Å². The van der Waals surface area contributed by atoms with E-state index in [1.165, 1.54) is 11.1 Å². The summed E-state index contributed by atoms with van der Waals surface area (Å²) in [5, 5.41) is 3.79. The van der Waals surface area contributed by atoms with Crippen molar-refractivity contribution in [1.29, 1.82) is 0 Å². The summed E-state index contributed by atoms with van der Waals surface area (Å²) in [5.74, 6) is -0.123. The van der Waals surface area contributed by atoms with Gasteiger partial charge in [0.25, 0.3) is 0 Å². The van der Waals surface area contributed by atoms with E-state index in [0.29, 0.717) is 12.1 Å². The molecule has 0 saturated heterocycles. The summed E-state index contributed by atoms with van der Waals surface area (Å²) >= 11 is 0. The molecule has 2 heteroatoms. The Bertz CT molecular complexity index is 594. The lowest BCUT2D eigenvalue weighted by Crippen LogP contribution is -2.25. The highest BCUT2D eigenvalue weighted by Gasteiger charge is 2.25. The minimum Gasteiger partial charge on any atom is -0.303 e. The maximum absolute atomic E-state index is 13.3. The van der Waals surface area contributed by atoms with Crippen LogP contribution in [0.15, 0.2) is 48.5 Å². The first-order valence-electron chi connectivity index (χ1n) is 7.87. The van der Waals surface area contributed by atoms with Crippen LogP contribution in [0.5, 0.6) is 0 Å². The summed E-state index contributed by atoms with van der Waals surface area (Å²) in [4.78, 5) is 0. The van der Waals surface area contributed by atoms with Gasteiger partial charge in [0.15, 0.2) is 0 Å². The molecule has 0 amide bonds. The Hall–Kier alpha value is -1.67. The molecule has 0 spiro atoms. The highest BCUT2D eigenvalue weighted by molar-refractivity contribution is 5.35. The van der Waals surface area contributed by atoms with Gasteiger partial charge in [-0.2, -0.15) is 0 Å². The van der Waals surface area contributed by atoms with Gasteiger partial charge in [-0.1, -0.05) is 49.7 Å². The quantitative estimate of drug-likeness (QED) is 0.819. The molecule has 0 aromatic heterocycles. The third-order valence-electron chi connectivity index (χ3n) is 4.36. The number of rotatable bonds is 5. The zero-order valence-electron chi connectivity index (χ0n) is 12.5. The monoisotopic (exact) mass is 283 g/mol. The maximum atomic E-state index is 13.3. The van der Waals surface area contributed by atoms with Crippen molar-refractivity contribution in [3.05, 3.63) is 71.0 Å². The van der Waals surface area contributed by atoms with E-state index in [-0.39, 0.29) is 5.82 Å². The van der Waals surface area contributed by atoms with E-state index in [1.54, 1.807) is 12.1 Å². The Morgan fingerprint density at radius 1 is 1.19 bits per heavy atom. The summed E-state index contributed by atoms with van der Waals surface area (Å²) in [6.07, 6.45) is 4.30. The first-order valence-corrected chi connectivity index (χ1v) is 7.87. The number of fused-ring (bicyclic) bond motifs is 1. The van der Waals surface area contributed by atoms with Gasteiger partial charge in [-0.15, -0.1) is 0 Å². The van der Waals surface area contributed by atoms with E-state index in [2.05, 4.69) is 42.6 Å². The van der Waals surface area contributed by atoms with Crippen LogP contribution in [0.25, 0.3) is 0 Å². The van der Waals surface area contributed by atoms with Crippen LogP contribution in [0, 0.1) is 5.82 Å². The Balaban J connectivity index is 1.79. The lowest BCUT2D eigenvalue weighted by Gasteiger charge is -2.24. The molecule has 0 saturated carbocycles. The molecule has 2 aromatic carbocycles. The van der Waals surface area contributed by atoms with Crippen molar-refractivity contribution in [2.45, 2.75) is 44.7 Å². The molecule has 0 fully saturated rings. The molecule has 3 rings (SSSR count). The predicted molar refractivity (Wildman–Crippen MR) is 84.7 cm³/mol. The standard InChI is InChI=1S/C19H22FN/c1-2-6-18(14-7-4-3-5-8-14)21-19-12-9-15-13-16(20)10-11-17(15)19/h3-5,7-8,10-11,13,18-19,21H,2,6,9,12H2,1H3. The smallest absolute Gasteiger partial charge is 0.123 e. The molecule has 1 N–H and O–H groups in total. The second kappa shape index (κ2) is 6.40. The first-order chi connectivity index (χ1) is 10.3. The third-order valence-corrected chi connectivity index (χ3v) is 4.36. The topological polar surface area (TPSA) is 12.0 Å². The fourth-order valence-corrected chi connectivity index (χ4v) is 3.32. The van der Waals surface area contributed by atoms with Crippen molar-refractivity contribution < 1.29 is 4.39 Å². The third kappa shape index (κ3) is 3.16. The number of halogens is 1. The van der Waals surface area contributed by atoms with E-state index >= 15 is 0 Å². The second-order valence-electron chi connectivity index (χ2n) is 5.85. The van der Waals surface area contributed by atoms with Gasteiger partial charge >= 0.3 is 0 Å². The molecule has 2 aromatic rings. The minimum absolute atomic E-state index is 0.123. The van der Waals surface area contributed by atoms with Crippen LogP contribution in [-0.2, 0) is 6.42 Å². The molecule has 0 aliphatic heterocycles. The largest absolute Gasteiger partial charge is 0.303 e. The Morgan fingerprint density at radius 2 is 2.00 bits per heavy atom. The van der Waals surface area contributed by atoms with Gasteiger partial charge in [0.1, 0.15) is 5.82 Å². The van der Waals surface area contributed by atoms with E-state index in [9.17, 15) is 4.39 Å². The van der Waals surface area contributed by atoms with Crippen molar-refractivity contribution in [3.63, 3.8) is 0 Å². The molecule has 21 heavy (non-hydrogen) atoms. The normalized spacial score (nSPS) is 18.5. The van der Waals surface area contributed by atoms with Gasteiger partial charge in [-0.05, 0) is 48.1 Å². The SMILES string of the molecule is CCCC(NC1CCc2cc(F)ccc21)c1ccccc1. The minimum atomic E-state index is -0.123. The molecule has 1 aliphatic carbocycles. The van der Waals surface area contributed by atoms with Gasteiger partial charge in [0.05, 0.1) is 0 Å². The number of benzene rings is 2. The molecule has 110 valence electrons. The van der Waals surface area contributed by atoms with Gasteiger partial charge in [0, 0.05) is 12.1 Å². The zero-order chi connectivity index (χ0) is 14.7. The molecular formula is C19H22FN. The predicted octanol–water partition coefficient (Wildman–Crippen LogP) is 4.94. The second-order valence-corrected chi connectivity index (χ2v) is 5.85. The lowest BCUT2D eigenvalue weighted by atomic mass is 9.99. The maximum Gasteiger partial charge on any atom is 0.123 e. The highest BCUT2D eigenvalue weighted by atomic mass is 19.1. The number of hydrogen-bond acceptors (Lipinski definition) is 1. The van der Waals surface area contributed by atoms with Crippen molar-refractivity contribution in [2.24, 2.45) is 0 Å². The summed E-state index contributed by atoms with van der Waals surface area (Å²) in [7, 11) is 0. The summed E-state index contributed by atoms with van der Waals surface area (Å²) < 4.78 is 13.3. The highest BCUT2D eigenvalue weighted by Crippen LogP contribution is 2.34. The average Bonchev–Trinajstić information content (AvgIpc) is 2.90. The number of nitrogens with one attached hydrogen (secondary N) is 1. The van der Waals surface area contributed by atoms with Crippen LogP contribution < -0.4 is 5.32 Å². The molecule has 2 atom stereocenters. The fourth-order valence-electron chi connectivity index (χ4n) is 3.32. The number of hydrogen-bond donors (Lipinski definition) is 1. The molecule has 1 nitrogen and oxygen atoms in total. The van der Waals surface area contributed by atoms with Crippen molar-refractivity contribution in [3.8, 4) is 0 Å².